The Kier molecular flexibility index (Phi) is 7.83. The minimum Gasteiger partial charge on any atom is -0.483 e. The van der Waals surface area contributed by atoms with Gasteiger partial charge in [0.1, 0.15) is 5.75 Å². The molecule has 0 fully saturated rings. The molecule has 28 heavy (non-hydrogen) atoms. The SMILES string of the molecule is Cc1cccc(C)c1OCC(=O)NNC(=O)CCNC(=O)c1ccc(Cl)cc1. The van der Waals surface area contributed by atoms with Crippen LogP contribution < -0.4 is 20.9 Å². The zero-order valence-electron chi connectivity index (χ0n) is 15.7. The monoisotopic (exact) mass is 403 g/mol. The summed E-state index contributed by atoms with van der Waals surface area (Å²) in [6.07, 6.45) is 0.0113. The number of hydrogen-bond acceptors (Lipinski definition) is 4. The van der Waals surface area contributed by atoms with E-state index in [1.165, 1.54) is 0 Å². The lowest BCUT2D eigenvalue weighted by molar-refractivity contribution is -0.129. The molecule has 0 radical (unpaired) electrons. The molecule has 0 bridgehead atoms. The maximum absolute atomic E-state index is 11.9. The van der Waals surface area contributed by atoms with Gasteiger partial charge in [0.15, 0.2) is 6.61 Å². The summed E-state index contributed by atoms with van der Waals surface area (Å²) in [5.41, 5.74) is 6.85. The highest BCUT2D eigenvalue weighted by Crippen LogP contribution is 2.21. The summed E-state index contributed by atoms with van der Waals surface area (Å²) in [5, 5.41) is 3.15. The number of ether oxygens (including phenoxy) is 1. The van der Waals surface area contributed by atoms with Crippen LogP contribution in [0.4, 0.5) is 0 Å². The average Bonchev–Trinajstić information content (AvgIpc) is 2.66. The number of rotatable bonds is 7. The number of halogens is 1. The summed E-state index contributed by atoms with van der Waals surface area (Å²) in [4.78, 5) is 35.5. The van der Waals surface area contributed by atoms with Gasteiger partial charge in [0, 0.05) is 23.6 Å². The number of hydrogen-bond donors (Lipinski definition) is 3. The first kappa shape index (κ1) is 21.2. The van der Waals surface area contributed by atoms with Crippen molar-refractivity contribution in [3.8, 4) is 5.75 Å². The van der Waals surface area contributed by atoms with Crippen LogP contribution in [0.5, 0.6) is 5.75 Å². The van der Waals surface area contributed by atoms with Crippen molar-refractivity contribution in [2.45, 2.75) is 20.3 Å². The van der Waals surface area contributed by atoms with Gasteiger partial charge < -0.3 is 10.1 Å². The zero-order chi connectivity index (χ0) is 20.5. The van der Waals surface area contributed by atoms with Gasteiger partial charge in [-0.2, -0.15) is 0 Å². The van der Waals surface area contributed by atoms with E-state index in [2.05, 4.69) is 16.2 Å². The molecule has 0 saturated heterocycles. The van der Waals surface area contributed by atoms with Crippen LogP contribution in [0.3, 0.4) is 0 Å². The van der Waals surface area contributed by atoms with Crippen molar-refractivity contribution in [2.75, 3.05) is 13.2 Å². The van der Waals surface area contributed by atoms with Crippen LogP contribution in [-0.4, -0.2) is 30.9 Å². The standard InChI is InChI=1S/C20H22ClN3O4/c1-13-4-3-5-14(2)19(13)28-12-18(26)24-23-17(25)10-11-22-20(27)15-6-8-16(21)9-7-15/h3-9H,10-12H2,1-2H3,(H,22,27)(H,23,25)(H,24,26). The Bertz CT molecular complexity index is 833. The number of para-hydroxylation sites is 1. The number of carbonyl (C=O) groups is 3. The van der Waals surface area contributed by atoms with Crippen LogP contribution in [0, 0.1) is 13.8 Å². The molecule has 3 amide bonds. The first-order valence-electron chi connectivity index (χ1n) is 8.67. The molecule has 0 saturated carbocycles. The highest BCUT2D eigenvalue weighted by atomic mass is 35.5. The van der Waals surface area contributed by atoms with Gasteiger partial charge in [0.05, 0.1) is 0 Å². The van der Waals surface area contributed by atoms with Gasteiger partial charge >= 0.3 is 0 Å². The quantitative estimate of drug-likeness (QED) is 0.618. The summed E-state index contributed by atoms with van der Waals surface area (Å²) in [5.74, 6) is -0.581. The van der Waals surface area contributed by atoms with Gasteiger partial charge in [-0.3, -0.25) is 25.2 Å². The first-order chi connectivity index (χ1) is 13.4. The summed E-state index contributed by atoms with van der Waals surface area (Å²) in [7, 11) is 0. The molecular formula is C20H22ClN3O4. The van der Waals surface area contributed by atoms with Crippen LogP contribution in [0.25, 0.3) is 0 Å². The second-order valence-corrected chi connectivity index (χ2v) is 6.56. The molecule has 8 heteroatoms. The number of aryl methyl sites for hydroxylation is 2. The van der Waals surface area contributed by atoms with Crippen molar-refractivity contribution in [3.05, 3.63) is 64.2 Å². The Morgan fingerprint density at radius 1 is 0.929 bits per heavy atom. The molecule has 7 nitrogen and oxygen atoms in total. The smallest absolute Gasteiger partial charge is 0.276 e. The highest BCUT2D eigenvalue weighted by Gasteiger charge is 2.09. The van der Waals surface area contributed by atoms with Crippen LogP contribution in [-0.2, 0) is 9.59 Å². The fraction of sp³-hybridized carbons (Fsp3) is 0.250. The molecule has 0 atom stereocenters. The van der Waals surface area contributed by atoms with E-state index in [-0.39, 0.29) is 25.5 Å². The Morgan fingerprint density at radius 2 is 1.54 bits per heavy atom. The lowest BCUT2D eigenvalue weighted by Gasteiger charge is -2.12. The molecule has 0 unspecified atom stereocenters. The number of amides is 3. The Hall–Kier alpha value is -3.06. The Morgan fingerprint density at radius 3 is 2.18 bits per heavy atom. The predicted molar refractivity (Wildman–Crippen MR) is 106 cm³/mol. The molecule has 148 valence electrons. The lowest BCUT2D eigenvalue weighted by atomic mass is 10.1. The van der Waals surface area contributed by atoms with Crippen LogP contribution in [0.15, 0.2) is 42.5 Å². The van der Waals surface area contributed by atoms with Crippen molar-refractivity contribution in [2.24, 2.45) is 0 Å². The second-order valence-electron chi connectivity index (χ2n) is 6.12. The van der Waals surface area contributed by atoms with Crippen LogP contribution >= 0.6 is 11.6 Å². The molecule has 0 spiro atoms. The zero-order valence-corrected chi connectivity index (χ0v) is 16.4. The van der Waals surface area contributed by atoms with E-state index >= 15 is 0 Å². The average molecular weight is 404 g/mol. The van der Waals surface area contributed by atoms with Gasteiger partial charge in [-0.15, -0.1) is 0 Å². The Balaban J connectivity index is 1.65. The van der Waals surface area contributed by atoms with Crippen molar-refractivity contribution in [3.63, 3.8) is 0 Å². The van der Waals surface area contributed by atoms with E-state index in [9.17, 15) is 14.4 Å². The van der Waals surface area contributed by atoms with E-state index in [1.807, 2.05) is 32.0 Å². The van der Waals surface area contributed by atoms with Crippen molar-refractivity contribution in [1.82, 2.24) is 16.2 Å². The van der Waals surface area contributed by atoms with Gasteiger partial charge in [-0.05, 0) is 49.2 Å². The molecule has 2 aromatic carbocycles. The molecule has 0 aliphatic heterocycles. The van der Waals surface area contributed by atoms with Crippen molar-refractivity contribution < 1.29 is 19.1 Å². The first-order valence-corrected chi connectivity index (χ1v) is 9.05. The topological polar surface area (TPSA) is 96.5 Å². The van der Waals surface area contributed by atoms with Gasteiger partial charge in [-0.25, -0.2) is 0 Å². The number of nitrogens with one attached hydrogen (secondary N) is 3. The molecule has 3 N–H and O–H groups in total. The minimum atomic E-state index is -0.485. The summed E-state index contributed by atoms with van der Waals surface area (Å²) in [6, 6.07) is 12.1. The lowest BCUT2D eigenvalue weighted by Crippen LogP contribution is -2.44. The maximum Gasteiger partial charge on any atom is 0.276 e. The highest BCUT2D eigenvalue weighted by molar-refractivity contribution is 6.30. The minimum absolute atomic E-state index is 0.0113. The van der Waals surface area contributed by atoms with Gasteiger partial charge in [0.2, 0.25) is 5.91 Å². The summed E-state index contributed by atoms with van der Waals surface area (Å²) < 4.78 is 5.50. The van der Waals surface area contributed by atoms with Gasteiger partial charge in [0.25, 0.3) is 11.8 Å². The summed E-state index contributed by atoms with van der Waals surface area (Å²) >= 11 is 5.77. The third kappa shape index (κ3) is 6.59. The van der Waals surface area contributed by atoms with Gasteiger partial charge in [-0.1, -0.05) is 29.8 Å². The van der Waals surface area contributed by atoms with E-state index in [0.717, 1.165) is 11.1 Å². The molecule has 0 aromatic heterocycles. The van der Waals surface area contributed by atoms with E-state index < -0.39 is 11.8 Å². The molecule has 2 rings (SSSR count). The normalized spacial score (nSPS) is 10.1. The molecule has 0 aliphatic rings. The fourth-order valence-electron chi connectivity index (χ4n) is 2.40. The summed E-state index contributed by atoms with van der Waals surface area (Å²) in [6.45, 7) is 3.68. The van der Waals surface area contributed by atoms with E-state index in [1.54, 1.807) is 24.3 Å². The number of hydrazine groups is 1. The van der Waals surface area contributed by atoms with Crippen LogP contribution in [0.2, 0.25) is 5.02 Å². The predicted octanol–water partition coefficient (Wildman–Crippen LogP) is 2.30. The maximum atomic E-state index is 11.9. The molecule has 0 aliphatic carbocycles. The molecular weight excluding hydrogens is 382 g/mol. The second kappa shape index (κ2) is 10.3. The van der Waals surface area contributed by atoms with E-state index in [4.69, 9.17) is 16.3 Å². The van der Waals surface area contributed by atoms with Crippen molar-refractivity contribution >= 4 is 29.3 Å². The number of carbonyl (C=O) groups excluding carboxylic acids is 3. The largest absolute Gasteiger partial charge is 0.483 e. The Labute approximate surface area is 168 Å². The van der Waals surface area contributed by atoms with Crippen LogP contribution in [0.1, 0.15) is 27.9 Å². The third-order valence-electron chi connectivity index (χ3n) is 3.84. The molecule has 2 aromatic rings. The van der Waals surface area contributed by atoms with Crippen molar-refractivity contribution in [1.29, 1.82) is 0 Å². The molecule has 0 heterocycles. The third-order valence-corrected chi connectivity index (χ3v) is 4.09. The fourth-order valence-corrected chi connectivity index (χ4v) is 2.52. The number of benzene rings is 2. The van der Waals surface area contributed by atoms with E-state index in [0.29, 0.717) is 16.3 Å².